The molecule has 0 aliphatic carbocycles. The number of carbonyl (C=O) groups excluding carboxylic acids is 1. The number of hydrazone groups is 1. The standard InChI is InChI=1S/C24H21IN2O6/c1-29-21-11-17(5-6-18(21)25)24(28)27-26-12-15-3-7-19(22(9-15)30-2)31-13-16-4-8-20-23(10-16)33-14-32-20/h3-12H,13-14H2,1-2H3,(H,27,28)/b26-12-. The van der Waals surface area contributed by atoms with Gasteiger partial charge >= 0.3 is 0 Å². The summed E-state index contributed by atoms with van der Waals surface area (Å²) in [6.07, 6.45) is 1.53. The molecule has 0 spiro atoms. The molecule has 1 N–H and O–H groups in total. The van der Waals surface area contributed by atoms with Crippen molar-refractivity contribution < 1.29 is 28.5 Å². The lowest BCUT2D eigenvalue weighted by Crippen LogP contribution is -2.17. The number of amides is 1. The van der Waals surface area contributed by atoms with Crippen molar-refractivity contribution in [1.82, 2.24) is 5.43 Å². The SMILES string of the molecule is COc1cc(C(=O)N/N=C\c2ccc(OCc3ccc4c(c3)OCO4)c(OC)c2)ccc1I. The molecule has 4 rings (SSSR count). The van der Waals surface area contributed by atoms with Crippen LogP contribution in [0, 0.1) is 3.57 Å². The second-order valence-corrected chi connectivity index (χ2v) is 8.10. The van der Waals surface area contributed by atoms with Gasteiger partial charge in [-0.05, 0) is 82.2 Å². The van der Waals surface area contributed by atoms with E-state index in [1.807, 2.05) is 30.3 Å². The number of rotatable bonds is 8. The van der Waals surface area contributed by atoms with Crippen LogP contribution in [0.4, 0.5) is 0 Å². The highest BCUT2D eigenvalue weighted by atomic mass is 127. The number of methoxy groups -OCH3 is 2. The van der Waals surface area contributed by atoms with E-state index in [2.05, 4.69) is 33.1 Å². The van der Waals surface area contributed by atoms with Gasteiger partial charge in [-0.2, -0.15) is 5.10 Å². The van der Waals surface area contributed by atoms with Gasteiger partial charge in [0, 0.05) is 5.56 Å². The van der Waals surface area contributed by atoms with Crippen LogP contribution >= 0.6 is 22.6 Å². The van der Waals surface area contributed by atoms with Crippen molar-refractivity contribution in [3.8, 4) is 28.7 Å². The molecule has 1 heterocycles. The van der Waals surface area contributed by atoms with Crippen molar-refractivity contribution in [2.75, 3.05) is 21.0 Å². The minimum atomic E-state index is -0.336. The highest BCUT2D eigenvalue weighted by Crippen LogP contribution is 2.33. The number of nitrogens with zero attached hydrogens (tertiary/aromatic N) is 1. The molecule has 0 saturated carbocycles. The quantitative estimate of drug-likeness (QED) is 0.250. The van der Waals surface area contributed by atoms with Crippen molar-refractivity contribution in [1.29, 1.82) is 0 Å². The summed E-state index contributed by atoms with van der Waals surface area (Å²) in [5.74, 6) is 2.87. The molecule has 0 atom stereocenters. The lowest BCUT2D eigenvalue weighted by atomic mass is 10.2. The maximum absolute atomic E-state index is 12.3. The van der Waals surface area contributed by atoms with E-state index in [1.165, 1.54) is 6.21 Å². The van der Waals surface area contributed by atoms with Gasteiger partial charge in [0.05, 0.1) is 24.0 Å². The van der Waals surface area contributed by atoms with Crippen LogP contribution in [0.2, 0.25) is 0 Å². The maximum atomic E-state index is 12.3. The summed E-state index contributed by atoms with van der Waals surface area (Å²) in [5, 5.41) is 4.04. The van der Waals surface area contributed by atoms with Gasteiger partial charge in [-0.25, -0.2) is 5.43 Å². The molecule has 0 unspecified atom stereocenters. The van der Waals surface area contributed by atoms with Crippen LogP contribution in [-0.4, -0.2) is 33.1 Å². The summed E-state index contributed by atoms with van der Waals surface area (Å²) in [6.45, 7) is 0.575. The van der Waals surface area contributed by atoms with E-state index in [1.54, 1.807) is 38.5 Å². The average Bonchev–Trinajstić information content (AvgIpc) is 3.31. The normalized spacial score (nSPS) is 12.0. The first-order chi connectivity index (χ1) is 16.1. The molecular formula is C24H21IN2O6. The number of fused-ring (bicyclic) bond motifs is 1. The van der Waals surface area contributed by atoms with Crippen LogP contribution in [0.5, 0.6) is 28.7 Å². The van der Waals surface area contributed by atoms with E-state index in [0.29, 0.717) is 35.2 Å². The zero-order valence-electron chi connectivity index (χ0n) is 18.0. The van der Waals surface area contributed by atoms with E-state index < -0.39 is 0 Å². The number of hydrogen-bond donors (Lipinski definition) is 1. The van der Waals surface area contributed by atoms with Crippen LogP contribution in [0.3, 0.4) is 0 Å². The second kappa shape index (κ2) is 10.4. The van der Waals surface area contributed by atoms with Crippen molar-refractivity contribution in [2.45, 2.75) is 6.61 Å². The topological polar surface area (TPSA) is 87.6 Å². The molecule has 9 heteroatoms. The smallest absolute Gasteiger partial charge is 0.271 e. The Bertz CT molecular complexity index is 1200. The predicted molar refractivity (Wildman–Crippen MR) is 131 cm³/mol. The van der Waals surface area contributed by atoms with Gasteiger partial charge in [0.2, 0.25) is 6.79 Å². The number of ether oxygens (including phenoxy) is 5. The molecule has 1 amide bonds. The number of hydrogen-bond acceptors (Lipinski definition) is 7. The Balaban J connectivity index is 1.38. The molecule has 3 aromatic rings. The fourth-order valence-electron chi connectivity index (χ4n) is 3.11. The molecular weight excluding hydrogens is 539 g/mol. The van der Waals surface area contributed by atoms with Gasteiger partial charge in [-0.1, -0.05) is 6.07 Å². The fourth-order valence-corrected chi connectivity index (χ4v) is 3.66. The Hall–Kier alpha value is -3.47. The molecule has 170 valence electrons. The highest BCUT2D eigenvalue weighted by Gasteiger charge is 2.14. The number of benzene rings is 3. The third kappa shape index (κ3) is 5.48. The second-order valence-electron chi connectivity index (χ2n) is 6.94. The molecule has 0 aromatic heterocycles. The molecule has 1 aliphatic rings. The molecule has 1 aliphatic heterocycles. The van der Waals surface area contributed by atoms with Crippen LogP contribution < -0.4 is 29.1 Å². The summed E-state index contributed by atoms with van der Waals surface area (Å²) in [6, 6.07) is 16.3. The van der Waals surface area contributed by atoms with Gasteiger partial charge in [-0.15, -0.1) is 0 Å². The minimum Gasteiger partial charge on any atom is -0.496 e. The molecule has 33 heavy (non-hydrogen) atoms. The Morgan fingerprint density at radius 3 is 2.64 bits per heavy atom. The van der Waals surface area contributed by atoms with Crippen LogP contribution in [0.1, 0.15) is 21.5 Å². The molecule has 0 fully saturated rings. The zero-order valence-corrected chi connectivity index (χ0v) is 20.1. The predicted octanol–water partition coefficient (Wildman–Crippen LogP) is 4.38. The molecule has 0 radical (unpaired) electrons. The van der Waals surface area contributed by atoms with Crippen LogP contribution in [0.25, 0.3) is 0 Å². The summed E-state index contributed by atoms with van der Waals surface area (Å²) in [5.41, 5.74) is 4.65. The molecule has 3 aromatic carbocycles. The van der Waals surface area contributed by atoms with E-state index >= 15 is 0 Å². The van der Waals surface area contributed by atoms with E-state index in [-0.39, 0.29) is 12.7 Å². The van der Waals surface area contributed by atoms with Gasteiger partial charge < -0.3 is 23.7 Å². The largest absolute Gasteiger partial charge is 0.496 e. The Morgan fingerprint density at radius 1 is 1.00 bits per heavy atom. The van der Waals surface area contributed by atoms with Gasteiger partial charge in [0.25, 0.3) is 5.91 Å². The molecule has 0 bridgehead atoms. The molecule has 8 nitrogen and oxygen atoms in total. The first-order valence-corrected chi connectivity index (χ1v) is 11.0. The Labute approximate surface area is 204 Å². The lowest BCUT2D eigenvalue weighted by molar-refractivity contribution is 0.0954. The summed E-state index contributed by atoms with van der Waals surface area (Å²) in [4.78, 5) is 12.3. The van der Waals surface area contributed by atoms with Gasteiger partial charge in [0.15, 0.2) is 23.0 Å². The van der Waals surface area contributed by atoms with Crippen LogP contribution in [-0.2, 0) is 6.61 Å². The average molecular weight is 560 g/mol. The first-order valence-electron chi connectivity index (χ1n) is 9.93. The van der Waals surface area contributed by atoms with Crippen molar-refractivity contribution in [3.63, 3.8) is 0 Å². The number of carbonyl (C=O) groups is 1. The summed E-state index contributed by atoms with van der Waals surface area (Å²) >= 11 is 2.14. The maximum Gasteiger partial charge on any atom is 0.271 e. The van der Waals surface area contributed by atoms with E-state index in [4.69, 9.17) is 23.7 Å². The molecule has 0 saturated heterocycles. The highest BCUT2D eigenvalue weighted by molar-refractivity contribution is 14.1. The third-order valence-electron chi connectivity index (χ3n) is 4.81. The monoisotopic (exact) mass is 560 g/mol. The van der Waals surface area contributed by atoms with Gasteiger partial charge in [-0.3, -0.25) is 4.79 Å². The Morgan fingerprint density at radius 2 is 1.82 bits per heavy atom. The Kier molecular flexibility index (Phi) is 7.18. The van der Waals surface area contributed by atoms with E-state index in [9.17, 15) is 4.79 Å². The third-order valence-corrected chi connectivity index (χ3v) is 5.70. The number of halogens is 1. The lowest BCUT2D eigenvalue weighted by Gasteiger charge is -2.11. The number of nitrogens with one attached hydrogen (secondary N) is 1. The summed E-state index contributed by atoms with van der Waals surface area (Å²) < 4.78 is 28.3. The van der Waals surface area contributed by atoms with Crippen molar-refractivity contribution in [2.24, 2.45) is 5.10 Å². The van der Waals surface area contributed by atoms with E-state index in [0.717, 1.165) is 20.4 Å². The van der Waals surface area contributed by atoms with Gasteiger partial charge in [0.1, 0.15) is 12.4 Å². The first kappa shape index (κ1) is 22.7. The zero-order chi connectivity index (χ0) is 23.2. The van der Waals surface area contributed by atoms with Crippen molar-refractivity contribution in [3.05, 3.63) is 74.9 Å². The van der Waals surface area contributed by atoms with Crippen molar-refractivity contribution >= 4 is 34.7 Å². The summed E-state index contributed by atoms with van der Waals surface area (Å²) in [7, 11) is 3.13. The fraction of sp³-hybridized carbons (Fsp3) is 0.167. The minimum absolute atomic E-state index is 0.232. The van der Waals surface area contributed by atoms with Crippen LogP contribution in [0.15, 0.2) is 59.7 Å².